The van der Waals surface area contributed by atoms with Crippen molar-refractivity contribution in [1.29, 1.82) is 0 Å². The molecule has 29 heavy (non-hydrogen) atoms. The number of likely N-dealkylation sites (N-methyl/N-ethyl adjacent to an activating group) is 1. The largest absolute Gasteiger partial charge is 0.434 e. The van der Waals surface area contributed by atoms with Crippen LogP contribution in [-0.4, -0.2) is 50.1 Å². The molecule has 1 aromatic carbocycles. The topological polar surface area (TPSA) is 52.6 Å². The number of nitrogens with zero attached hydrogens (tertiary/aromatic N) is 3. The zero-order chi connectivity index (χ0) is 20.7. The number of thiazole rings is 1. The molecule has 0 amide bonds. The molecule has 0 aliphatic carbocycles. The van der Waals surface area contributed by atoms with Gasteiger partial charge in [-0.1, -0.05) is 12.1 Å². The summed E-state index contributed by atoms with van der Waals surface area (Å²) < 4.78 is 50.9. The van der Waals surface area contributed by atoms with E-state index < -0.39 is 11.9 Å². The number of hydrogen-bond donors (Lipinski definition) is 2. The van der Waals surface area contributed by atoms with Crippen LogP contribution in [0.15, 0.2) is 34.6 Å². The lowest BCUT2D eigenvalue weighted by atomic mass is 10.1. The van der Waals surface area contributed by atoms with E-state index in [0.717, 1.165) is 22.3 Å². The zero-order valence-corrected chi connectivity index (χ0v) is 19.4. The molecule has 0 saturated heterocycles. The smallest absolute Gasteiger partial charge is 0.356 e. The fourth-order valence-electron chi connectivity index (χ4n) is 2.54. The van der Waals surface area contributed by atoms with Gasteiger partial charge in [0.25, 0.3) is 0 Å². The van der Waals surface area contributed by atoms with Crippen LogP contribution in [-0.2, 0) is 12.6 Å². The number of guanidine groups is 1. The molecular formula is C18H24F4IN5S. The van der Waals surface area contributed by atoms with Crippen molar-refractivity contribution in [1.82, 2.24) is 20.5 Å². The summed E-state index contributed by atoms with van der Waals surface area (Å²) in [7, 11) is 5.46. The number of aliphatic imine (C=N–C) groups is 1. The van der Waals surface area contributed by atoms with Crippen LogP contribution in [0.25, 0.3) is 0 Å². The van der Waals surface area contributed by atoms with Gasteiger partial charge in [0.15, 0.2) is 11.7 Å². The van der Waals surface area contributed by atoms with Crippen LogP contribution in [0.2, 0.25) is 0 Å². The fraction of sp³-hybridized carbons (Fsp3) is 0.444. The second-order valence-corrected chi connectivity index (χ2v) is 7.23. The number of benzene rings is 1. The van der Waals surface area contributed by atoms with E-state index in [4.69, 9.17) is 0 Å². The Morgan fingerprint density at radius 1 is 1.21 bits per heavy atom. The predicted octanol–water partition coefficient (Wildman–Crippen LogP) is 3.93. The third kappa shape index (κ3) is 8.05. The van der Waals surface area contributed by atoms with Crippen LogP contribution in [0.5, 0.6) is 0 Å². The Balaban J connectivity index is 0.00000420. The molecule has 0 spiro atoms. The van der Waals surface area contributed by atoms with Gasteiger partial charge in [0.05, 0.1) is 11.0 Å². The van der Waals surface area contributed by atoms with Crippen molar-refractivity contribution < 1.29 is 17.6 Å². The van der Waals surface area contributed by atoms with Crippen molar-refractivity contribution in [3.8, 4) is 0 Å². The highest BCUT2D eigenvalue weighted by Gasteiger charge is 2.33. The normalized spacial score (nSPS) is 13.2. The van der Waals surface area contributed by atoms with E-state index in [-0.39, 0.29) is 35.8 Å². The Morgan fingerprint density at radius 3 is 2.38 bits per heavy atom. The number of alkyl halides is 3. The maximum atomic E-state index is 13.1. The van der Waals surface area contributed by atoms with Gasteiger partial charge >= 0.3 is 6.18 Å². The molecular weight excluding hydrogens is 521 g/mol. The minimum Gasteiger partial charge on any atom is -0.356 e. The van der Waals surface area contributed by atoms with Gasteiger partial charge in [-0.05, 0) is 31.8 Å². The molecule has 0 bridgehead atoms. The van der Waals surface area contributed by atoms with Crippen LogP contribution < -0.4 is 10.6 Å². The fourth-order valence-corrected chi connectivity index (χ4v) is 3.35. The summed E-state index contributed by atoms with van der Waals surface area (Å²) >= 11 is 0.988. The number of halogens is 5. The SMILES string of the molecule is CN=C(NCCc1nc(C(F)(F)F)cs1)NCC(c1ccc(F)cc1)N(C)C.I. The van der Waals surface area contributed by atoms with Crippen LogP contribution in [0.4, 0.5) is 17.6 Å². The summed E-state index contributed by atoms with van der Waals surface area (Å²) in [4.78, 5) is 9.73. The van der Waals surface area contributed by atoms with Gasteiger partial charge in [0, 0.05) is 31.9 Å². The molecule has 2 aromatic rings. The van der Waals surface area contributed by atoms with E-state index in [1.54, 1.807) is 19.2 Å². The Labute approximate surface area is 188 Å². The van der Waals surface area contributed by atoms with E-state index in [1.807, 2.05) is 19.0 Å². The molecule has 1 aromatic heterocycles. The monoisotopic (exact) mass is 545 g/mol. The van der Waals surface area contributed by atoms with Gasteiger partial charge in [0.1, 0.15) is 5.82 Å². The molecule has 1 heterocycles. The molecule has 2 rings (SSSR count). The lowest BCUT2D eigenvalue weighted by Crippen LogP contribution is -2.42. The van der Waals surface area contributed by atoms with Gasteiger partial charge < -0.3 is 15.5 Å². The average Bonchev–Trinajstić information content (AvgIpc) is 3.11. The standard InChI is InChI=1S/C18H23F4N5S.HI/c1-23-17(24-9-8-16-26-15(11-28-16)18(20,21)22)25-10-14(27(2)3)12-4-6-13(19)7-5-12;/h4-7,11,14H,8-10H2,1-3H3,(H2,23,24,25);1H. The molecule has 0 radical (unpaired) electrons. The van der Waals surface area contributed by atoms with Gasteiger partial charge in [0.2, 0.25) is 0 Å². The zero-order valence-electron chi connectivity index (χ0n) is 16.3. The summed E-state index contributed by atoms with van der Waals surface area (Å²) in [5.41, 5.74) is 0.0972. The molecule has 2 N–H and O–H groups in total. The highest BCUT2D eigenvalue weighted by atomic mass is 127. The van der Waals surface area contributed by atoms with Crippen LogP contribution >= 0.6 is 35.3 Å². The van der Waals surface area contributed by atoms with E-state index >= 15 is 0 Å². The quantitative estimate of drug-likeness (QED) is 0.240. The highest BCUT2D eigenvalue weighted by Crippen LogP contribution is 2.30. The summed E-state index contributed by atoms with van der Waals surface area (Å²) in [5.74, 6) is 0.240. The van der Waals surface area contributed by atoms with E-state index in [0.29, 0.717) is 30.5 Å². The molecule has 1 atom stereocenters. The average molecular weight is 545 g/mol. The van der Waals surface area contributed by atoms with Gasteiger partial charge in [-0.2, -0.15) is 13.2 Å². The molecule has 0 saturated carbocycles. The maximum Gasteiger partial charge on any atom is 0.434 e. The molecule has 162 valence electrons. The number of hydrogen-bond acceptors (Lipinski definition) is 4. The summed E-state index contributed by atoms with van der Waals surface area (Å²) in [6, 6.07) is 6.30. The molecule has 0 aliphatic heterocycles. The summed E-state index contributed by atoms with van der Waals surface area (Å²) in [6.07, 6.45) is -4.06. The molecule has 1 unspecified atom stereocenters. The lowest BCUT2D eigenvalue weighted by Gasteiger charge is -2.26. The molecule has 0 fully saturated rings. The second-order valence-electron chi connectivity index (χ2n) is 6.29. The third-order valence-electron chi connectivity index (χ3n) is 4.04. The van der Waals surface area contributed by atoms with E-state index in [9.17, 15) is 17.6 Å². The van der Waals surface area contributed by atoms with Crippen LogP contribution in [0, 0.1) is 5.82 Å². The predicted molar refractivity (Wildman–Crippen MR) is 118 cm³/mol. The number of rotatable bonds is 7. The first-order valence-electron chi connectivity index (χ1n) is 8.58. The second kappa shape index (κ2) is 11.6. The lowest BCUT2D eigenvalue weighted by molar-refractivity contribution is -0.140. The first-order chi connectivity index (χ1) is 13.2. The highest BCUT2D eigenvalue weighted by molar-refractivity contribution is 14.0. The van der Waals surface area contributed by atoms with Crippen molar-refractivity contribution in [2.45, 2.75) is 18.6 Å². The summed E-state index contributed by atoms with van der Waals surface area (Å²) in [6.45, 7) is 0.918. The van der Waals surface area contributed by atoms with Crippen LogP contribution in [0.1, 0.15) is 22.3 Å². The minimum absolute atomic E-state index is 0. The molecule has 11 heteroatoms. The Bertz CT molecular complexity index is 777. The molecule has 0 aliphatic rings. The van der Waals surface area contributed by atoms with Crippen molar-refractivity contribution in [3.63, 3.8) is 0 Å². The third-order valence-corrected chi connectivity index (χ3v) is 4.95. The van der Waals surface area contributed by atoms with Gasteiger partial charge in [-0.3, -0.25) is 4.99 Å². The van der Waals surface area contributed by atoms with Crippen molar-refractivity contribution in [2.75, 3.05) is 34.2 Å². The Morgan fingerprint density at radius 2 is 1.86 bits per heavy atom. The van der Waals surface area contributed by atoms with Gasteiger partial charge in [-0.25, -0.2) is 9.37 Å². The maximum absolute atomic E-state index is 13.1. The Hall–Kier alpha value is -1.47. The summed E-state index contributed by atoms with van der Waals surface area (Å²) in [5, 5.41) is 7.68. The van der Waals surface area contributed by atoms with Crippen molar-refractivity contribution >= 4 is 41.3 Å². The van der Waals surface area contributed by atoms with Crippen molar-refractivity contribution in [2.24, 2.45) is 4.99 Å². The van der Waals surface area contributed by atoms with Gasteiger partial charge in [-0.15, -0.1) is 35.3 Å². The van der Waals surface area contributed by atoms with E-state index in [1.165, 1.54) is 12.1 Å². The van der Waals surface area contributed by atoms with E-state index in [2.05, 4.69) is 20.6 Å². The number of aromatic nitrogens is 1. The first kappa shape index (κ1) is 25.6. The Kier molecular flexibility index (Phi) is 10.3. The van der Waals surface area contributed by atoms with Crippen LogP contribution in [0.3, 0.4) is 0 Å². The number of nitrogens with one attached hydrogen (secondary N) is 2. The minimum atomic E-state index is -4.42. The molecule has 5 nitrogen and oxygen atoms in total. The van der Waals surface area contributed by atoms with Crippen molar-refractivity contribution in [3.05, 3.63) is 51.7 Å². The first-order valence-corrected chi connectivity index (χ1v) is 9.46.